The van der Waals surface area contributed by atoms with E-state index in [0.29, 0.717) is 6.42 Å². The van der Waals surface area contributed by atoms with Crippen LogP contribution < -0.4 is 0 Å². The molecule has 0 unspecified atom stereocenters. The number of allylic oxidation sites excluding steroid dienone is 1. The smallest absolute Gasteiger partial charge is 0.320 e. The average molecular weight is 283 g/mol. The molecule has 0 aromatic heterocycles. The van der Waals surface area contributed by atoms with Gasteiger partial charge in [-0.2, -0.15) is 0 Å². The fourth-order valence-electron chi connectivity index (χ4n) is 1.87. The van der Waals surface area contributed by atoms with Crippen molar-refractivity contribution in [1.82, 2.24) is 14.7 Å². The topological polar surface area (TPSA) is 60.9 Å². The number of hydrogen-bond acceptors (Lipinski definition) is 3. The zero-order valence-electron chi connectivity index (χ0n) is 12.2. The van der Waals surface area contributed by atoms with Crippen molar-refractivity contribution in [2.75, 3.05) is 21.1 Å². The molecule has 0 aromatic rings. The highest BCUT2D eigenvalue weighted by Crippen LogP contribution is 2.23. The van der Waals surface area contributed by atoms with Crippen LogP contribution in [-0.4, -0.2) is 59.2 Å². The predicted octanol–water partition coefficient (Wildman–Crippen LogP) is 1.68. The van der Waals surface area contributed by atoms with Crippen LogP contribution in [0.2, 0.25) is 0 Å². The SMILES string of the molecule is C.C=C1CCC(=O)N1C.CN1C(=O)N(C)C(C)(C)C1=O. The van der Waals surface area contributed by atoms with E-state index in [4.69, 9.17) is 0 Å². The van der Waals surface area contributed by atoms with Crippen LogP contribution >= 0.6 is 0 Å². The number of imide groups is 1. The number of carbonyl (C=O) groups excluding carboxylic acids is 3. The molecule has 2 rings (SSSR count). The normalized spacial score (nSPS) is 20.9. The van der Waals surface area contributed by atoms with Gasteiger partial charge in [-0.05, 0) is 20.3 Å². The molecule has 114 valence electrons. The summed E-state index contributed by atoms with van der Waals surface area (Å²) in [5.41, 5.74) is 0.265. The Hall–Kier alpha value is -1.85. The maximum atomic E-state index is 11.3. The highest BCUT2D eigenvalue weighted by atomic mass is 16.2. The number of rotatable bonds is 0. The number of likely N-dealkylation sites (tertiary alicyclic amines) is 1. The molecule has 0 aromatic carbocycles. The Morgan fingerprint density at radius 2 is 1.50 bits per heavy atom. The second-order valence-electron chi connectivity index (χ2n) is 5.28. The summed E-state index contributed by atoms with van der Waals surface area (Å²) in [6, 6.07) is -0.236. The third kappa shape index (κ3) is 3.00. The molecule has 2 heterocycles. The van der Waals surface area contributed by atoms with Crippen LogP contribution in [0.1, 0.15) is 34.1 Å². The molecule has 0 spiro atoms. The van der Waals surface area contributed by atoms with Gasteiger partial charge in [0.25, 0.3) is 5.91 Å². The Bertz CT molecular complexity index is 427. The quantitative estimate of drug-likeness (QED) is 0.635. The van der Waals surface area contributed by atoms with Crippen LogP contribution in [-0.2, 0) is 9.59 Å². The third-order valence-electron chi connectivity index (χ3n) is 3.72. The number of carbonyl (C=O) groups is 3. The second kappa shape index (κ2) is 6.07. The molecule has 2 saturated heterocycles. The molecule has 4 amide bonds. The van der Waals surface area contributed by atoms with Crippen molar-refractivity contribution in [1.29, 1.82) is 0 Å². The van der Waals surface area contributed by atoms with E-state index >= 15 is 0 Å². The Balaban J connectivity index is 0.000000359. The molecule has 0 aliphatic carbocycles. The Labute approximate surface area is 121 Å². The molecule has 0 atom stereocenters. The lowest BCUT2D eigenvalue weighted by molar-refractivity contribution is -0.130. The van der Waals surface area contributed by atoms with Gasteiger partial charge in [0.05, 0.1) is 0 Å². The summed E-state index contributed by atoms with van der Waals surface area (Å²) in [7, 11) is 4.89. The van der Waals surface area contributed by atoms with Gasteiger partial charge in [-0.25, -0.2) is 4.79 Å². The van der Waals surface area contributed by atoms with Gasteiger partial charge in [0.15, 0.2) is 0 Å². The summed E-state index contributed by atoms with van der Waals surface area (Å²) in [5.74, 6) is 0.0417. The zero-order valence-corrected chi connectivity index (χ0v) is 12.2. The fourth-order valence-corrected chi connectivity index (χ4v) is 1.87. The first kappa shape index (κ1) is 18.1. The van der Waals surface area contributed by atoms with Crippen molar-refractivity contribution < 1.29 is 14.4 Å². The van der Waals surface area contributed by atoms with Gasteiger partial charge in [-0.1, -0.05) is 14.0 Å². The van der Waals surface area contributed by atoms with Crippen LogP contribution in [0.15, 0.2) is 12.3 Å². The number of urea groups is 1. The summed E-state index contributed by atoms with van der Waals surface area (Å²) < 4.78 is 0. The van der Waals surface area contributed by atoms with Gasteiger partial charge >= 0.3 is 6.03 Å². The number of nitrogens with zero attached hydrogens (tertiary/aromatic N) is 3. The van der Waals surface area contributed by atoms with E-state index in [1.54, 1.807) is 32.8 Å². The Morgan fingerprint density at radius 3 is 1.60 bits per heavy atom. The molecule has 0 saturated carbocycles. The molecule has 6 heteroatoms. The Kier molecular flexibility index (Phi) is 5.51. The molecule has 0 N–H and O–H groups in total. The van der Waals surface area contributed by atoms with E-state index in [0.717, 1.165) is 17.0 Å². The third-order valence-corrected chi connectivity index (χ3v) is 3.72. The predicted molar refractivity (Wildman–Crippen MR) is 77.9 cm³/mol. The summed E-state index contributed by atoms with van der Waals surface area (Å²) >= 11 is 0. The maximum Gasteiger partial charge on any atom is 0.327 e. The molecule has 2 aliphatic heterocycles. The minimum absolute atomic E-state index is 0. The minimum Gasteiger partial charge on any atom is -0.320 e. The van der Waals surface area contributed by atoms with Crippen LogP contribution in [0.25, 0.3) is 0 Å². The van der Waals surface area contributed by atoms with Gasteiger partial charge in [0, 0.05) is 33.3 Å². The van der Waals surface area contributed by atoms with Crippen molar-refractivity contribution in [3.8, 4) is 0 Å². The maximum absolute atomic E-state index is 11.3. The summed E-state index contributed by atoms with van der Waals surface area (Å²) in [6.45, 7) is 7.16. The largest absolute Gasteiger partial charge is 0.327 e. The summed E-state index contributed by atoms with van der Waals surface area (Å²) in [4.78, 5) is 37.3. The van der Waals surface area contributed by atoms with E-state index in [1.807, 2.05) is 0 Å². The highest BCUT2D eigenvalue weighted by molar-refractivity contribution is 6.06. The number of likely N-dealkylation sites (N-methyl/N-ethyl adjacent to an activating group) is 2. The Morgan fingerprint density at radius 1 is 1.00 bits per heavy atom. The number of hydrogen-bond donors (Lipinski definition) is 0. The highest BCUT2D eigenvalue weighted by Gasteiger charge is 2.47. The van der Waals surface area contributed by atoms with Gasteiger partial charge in [-0.3, -0.25) is 14.5 Å². The monoisotopic (exact) mass is 283 g/mol. The van der Waals surface area contributed by atoms with Gasteiger partial charge in [0.2, 0.25) is 5.91 Å². The lowest BCUT2D eigenvalue weighted by Crippen LogP contribution is -2.41. The van der Waals surface area contributed by atoms with Gasteiger partial charge in [-0.15, -0.1) is 0 Å². The first-order valence-electron chi connectivity index (χ1n) is 6.11. The first-order valence-corrected chi connectivity index (χ1v) is 6.11. The van der Waals surface area contributed by atoms with Crippen molar-refractivity contribution in [3.63, 3.8) is 0 Å². The molecular weight excluding hydrogens is 258 g/mol. The van der Waals surface area contributed by atoms with Gasteiger partial charge in [0.1, 0.15) is 5.54 Å². The molecule has 0 bridgehead atoms. The van der Waals surface area contributed by atoms with E-state index < -0.39 is 5.54 Å². The van der Waals surface area contributed by atoms with Crippen LogP contribution in [0.5, 0.6) is 0 Å². The second-order valence-corrected chi connectivity index (χ2v) is 5.28. The molecule has 20 heavy (non-hydrogen) atoms. The van der Waals surface area contributed by atoms with E-state index in [9.17, 15) is 14.4 Å². The van der Waals surface area contributed by atoms with E-state index in [-0.39, 0.29) is 25.3 Å². The fraction of sp³-hybridized carbons (Fsp3) is 0.643. The standard InChI is InChI=1S/C7H12N2O2.C6H9NO.CH4/c1-7(2)5(10)8(3)6(11)9(7)4;1-5-3-4-6(8)7(5)2;/h1-4H3;1,3-4H2,2H3;1H4. The molecule has 2 fully saturated rings. The number of amides is 4. The molecule has 2 aliphatic rings. The van der Waals surface area contributed by atoms with Crippen molar-refractivity contribution in [3.05, 3.63) is 12.3 Å². The first-order chi connectivity index (χ1) is 8.60. The lowest BCUT2D eigenvalue weighted by atomic mass is 10.1. The molecule has 0 radical (unpaired) electrons. The molecule has 6 nitrogen and oxygen atoms in total. The van der Waals surface area contributed by atoms with Crippen molar-refractivity contribution >= 4 is 17.8 Å². The van der Waals surface area contributed by atoms with E-state index in [1.165, 1.54) is 11.9 Å². The van der Waals surface area contributed by atoms with Crippen molar-refractivity contribution in [2.24, 2.45) is 0 Å². The summed E-state index contributed by atoms with van der Waals surface area (Å²) in [6.07, 6.45) is 1.49. The lowest BCUT2D eigenvalue weighted by Gasteiger charge is -2.22. The summed E-state index contributed by atoms with van der Waals surface area (Å²) in [5, 5.41) is 0. The van der Waals surface area contributed by atoms with Crippen LogP contribution in [0, 0.1) is 0 Å². The van der Waals surface area contributed by atoms with E-state index in [2.05, 4.69) is 6.58 Å². The zero-order chi connectivity index (χ0) is 15.0. The average Bonchev–Trinajstić information content (AvgIpc) is 2.72. The van der Waals surface area contributed by atoms with Crippen LogP contribution in [0.3, 0.4) is 0 Å². The molecular formula is C14H25N3O3. The minimum atomic E-state index is -0.675. The van der Waals surface area contributed by atoms with Crippen molar-refractivity contribution in [2.45, 2.75) is 39.7 Å². The van der Waals surface area contributed by atoms with Crippen LogP contribution in [0.4, 0.5) is 4.79 Å². The van der Waals surface area contributed by atoms with Gasteiger partial charge < -0.3 is 9.80 Å².